The maximum absolute atomic E-state index is 12.2. The molecule has 0 bridgehead atoms. The molecule has 0 aromatic heterocycles. The van der Waals surface area contributed by atoms with Crippen LogP contribution in [0.4, 0.5) is 4.79 Å². The number of hydrogen-bond acceptors (Lipinski definition) is 4. The van der Waals surface area contributed by atoms with Gasteiger partial charge in [0.05, 0.1) is 6.10 Å². The van der Waals surface area contributed by atoms with E-state index >= 15 is 0 Å². The predicted octanol–water partition coefficient (Wildman–Crippen LogP) is 2.14. The summed E-state index contributed by atoms with van der Waals surface area (Å²) in [6.07, 6.45) is -1.47. The molecule has 0 aliphatic rings. The molecule has 6 nitrogen and oxygen atoms in total. The van der Waals surface area contributed by atoms with Gasteiger partial charge in [0.1, 0.15) is 11.1 Å². The van der Waals surface area contributed by atoms with Gasteiger partial charge in [-0.3, -0.25) is 4.79 Å². The van der Waals surface area contributed by atoms with E-state index < -0.39 is 29.2 Å². The molecule has 0 spiro atoms. The molecule has 23 heavy (non-hydrogen) atoms. The van der Waals surface area contributed by atoms with Crippen LogP contribution in [0.5, 0.6) is 0 Å². The van der Waals surface area contributed by atoms with Gasteiger partial charge in [-0.1, -0.05) is 30.3 Å². The average molecular weight is 322 g/mol. The van der Waals surface area contributed by atoms with Crippen LogP contribution in [0, 0.1) is 0 Å². The Balaban J connectivity index is 2.53. The first kappa shape index (κ1) is 19.0. The summed E-state index contributed by atoms with van der Waals surface area (Å²) in [4.78, 5) is 24.0. The molecule has 0 aliphatic heterocycles. The van der Waals surface area contributed by atoms with Crippen LogP contribution in [0.1, 0.15) is 46.3 Å². The van der Waals surface area contributed by atoms with Crippen LogP contribution < -0.4 is 10.6 Å². The van der Waals surface area contributed by atoms with Gasteiger partial charge in [-0.15, -0.1) is 0 Å². The molecule has 6 heteroatoms. The Bertz CT molecular complexity index is 535. The smallest absolute Gasteiger partial charge is 0.408 e. The minimum Gasteiger partial charge on any atom is -0.444 e. The SMILES string of the molecule is CC(C)(C)OC(=O)NC(C)(C)C(=O)NC[C@@H](O)c1ccccc1. The van der Waals surface area contributed by atoms with Gasteiger partial charge in [-0.2, -0.15) is 0 Å². The van der Waals surface area contributed by atoms with E-state index in [4.69, 9.17) is 4.74 Å². The van der Waals surface area contributed by atoms with Crippen LogP contribution in [-0.2, 0) is 9.53 Å². The molecule has 0 saturated heterocycles. The number of benzene rings is 1. The molecule has 128 valence electrons. The average Bonchev–Trinajstić information content (AvgIpc) is 2.42. The van der Waals surface area contributed by atoms with E-state index in [1.54, 1.807) is 46.8 Å². The summed E-state index contributed by atoms with van der Waals surface area (Å²) in [7, 11) is 0. The number of carbonyl (C=O) groups excluding carboxylic acids is 2. The Morgan fingerprint density at radius 3 is 2.22 bits per heavy atom. The first-order valence-corrected chi connectivity index (χ1v) is 7.54. The molecular formula is C17H26N2O4. The van der Waals surface area contributed by atoms with Crippen molar-refractivity contribution in [1.29, 1.82) is 0 Å². The molecule has 0 unspecified atom stereocenters. The summed E-state index contributed by atoms with van der Waals surface area (Å²) in [5.74, 6) is -0.404. The van der Waals surface area contributed by atoms with E-state index in [0.29, 0.717) is 5.56 Å². The summed E-state index contributed by atoms with van der Waals surface area (Å²) in [5.41, 5.74) is -1.08. The molecule has 0 aliphatic carbocycles. The third-order valence-corrected chi connectivity index (χ3v) is 3.02. The number of hydrogen-bond donors (Lipinski definition) is 3. The first-order chi connectivity index (χ1) is 10.5. The van der Waals surface area contributed by atoms with E-state index in [9.17, 15) is 14.7 Å². The standard InChI is InChI=1S/C17H26N2O4/c1-16(2,3)23-15(22)19-17(4,5)14(21)18-11-13(20)12-9-7-6-8-10-12/h6-10,13,20H,11H2,1-5H3,(H,18,21)(H,19,22)/t13-/m1/s1. The lowest BCUT2D eigenvalue weighted by Crippen LogP contribution is -2.56. The zero-order valence-electron chi connectivity index (χ0n) is 14.3. The topological polar surface area (TPSA) is 87.7 Å². The maximum atomic E-state index is 12.2. The number of nitrogens with one attached hydrogen (secondary N) is 2. The number of ether oxygens (including phenoxy) is 1. The van der Waals surface area contributed by atoms with Crippen LogP contribution in [0.3, 0.4) is 0 Å². The van der Waals surface area contributed by atoms with Gasteiger partial charge in [-0.05, 0) is 40.2 Å². The Morgan fingerprint density at radius 1 is 1.13 bits per heavy atom. The van der Waals surface area contributed by atoms with Crippen LogP contribution in [0.2, 0.25) is 0 Å². The second-order valence-corrected chi connectivity index (χ2v) is 6.89. The summed E-state index contributed by atoms with van der Waals surface area (Å²) in [6, 6.07) is 9.03. The van der Waals surface area contributed by atoms with Crippen molar-refractivity contribution >= 4 is 12.0 Å². The van der Waals surface area contributed by atoms with Gasteiger partial charge in [0.15, 0.2) is 0 Å². The quantitative estimate of drug-likeness (QED) is 0.775. The number of rotatable bonds is 5. The Hall–Kier alpha value is -2.08. The van der Waals surface area contributed by atoms with Crippen molar-refractivity contribution in [3.05, 3.63) is 35.9 Å². The van der Waals surface area contributed by atoms with Crippen molar-refractivity contribution in [3.8, 4) is 0 Å². The molecule has 0 saturated carbocycles. The zero-order valence-corrected chi connectivity index (χ0v) is 14.3. The molecule has 1 atom stereocenters. The van der Waals surface area contributed by atoms with Gasteiger partial charge in [-0.25, -0.2) is 4.79 Å². The fourth-order valence-electron chi connectivity index (χ4n) is 1.82. The Kier molecular flexibility index (Phi) is 6.15. The maximum Gasteiger partial charge on any atom is 0.408 e. The molecule has 0 heterocycles. The number of aliphatic hydroxyl groups excluding tert-OH is 1. The monoisotopic (exact) mass is 322 g/mol. The third-order valence-electron chi connectivity index (χ3n) is 3.02. The van der Waals surface area contributed by atoms with E-state index in [1.165, 1.54) is 0 Å². The molecule has 1 aromatic rings. The molecule has 1 rings (SSSR count). The fraction of sp³-hybridized carbons (Fsp3) is 0.529. The normalized spacial score (nSPS) is 13.1. The van der Waals surface area contributed by atoms with E-state index in [0.717, 1.165) is 0 Å². The molecule has 0 radical (unpaired) electrons. The molecule has 0 fully saturated rings. The fourth-order valence-corrected chi connectivity index (χ4v) is 1.82. The predicted molar refractivity (Wildman–Crippen MR) is 87.9 cm³/mol. The van der Waals surface area contributed by atoms with Crippen molar-refractivity contribution in [2.24, 2.45) is 0 Å². The van der Waals surface area contributed by atoms with E-state index in [1.807, 2.05) is 18.2 Å². The Morgan fingerprint density at radius 2 is 1.70 bits per heavy atom. The largest absolute Gasteiger partial charge is 0.444 e. The second kappa shape index (κ2) is 7.46. The van der Waals surface area contributed by atoms with Crippen LogP contribution >= 0.6 is 0 Å². The summed E-state index contributed by atoms with van der Waals surface area (Å²) < 4.78 is 5.14. The highest BCUT2D eigenvalue weighted by molar-refractivity contribution is 5.89. The first-order valence-electron chi connectivity index (χ1n) is 7.54. The second-order valence-electron chi connectivity index (χ2n) is 6.89. The lowest BCUT2D eigenvalue weighted by molar-refractivity contribution is -0.126. The lowest BCUT2D eigenvalue weighted by atomic mass is 10.0. The highest BCUT2D eigenvalue weighted by atomic mass is 16.6. The van der Waals surface area contributed by atoms with Crippen molar-refractivity contribution in [2.45, 2.75) is 51.9 Å². The highest BCUT2D eigenvalue weighted by Gasteiger charge is 2.31. The van der Waals surface area contributed by atoms with E-state index in [2.05, 4.69) is 10.6 Å². The number of alkyl carbamates (subject to hydrolysis) is 1. The summed E-state index contributed by atoms with van der Waals surface area (Å²) >= 11 is 0. The van der Waals surface area contributed by atoms with Crippen LogP contribution in [0.15, 0.2) is 30.3 Å². The van der Waals surface area contributed by atoms with Crippen molar-refractivity contribution in [3.63, 3.8) is 0 Å². The minimum absolute atomic E-state index is 0.0578. The van der Waals surface area contributed by atoms with Gasteiger partial charge < -0.3 is 20.5 Å². The number of amides is 2. The molecule has 1 aromatic carbocycles. The number of carbonyl (C=O) groups is 2. The van der Waals surface area contributed by atoms with Gasteiger partial charge in [0.25, 0.3) is 0 Å². The summed E-state index contributed by atoms with van der Waals surface area (Å²) in [6.45, 7) is 8.44. The van der Waals surface area contributed by atoms with Crippen LogP contribution in [0.25, 0.3) is 0 Å². The van der Waals surface area contributed by atoms with Gasteiger partial charge >= 0.3 is 6.09 Å². The Labute approximate surface area is 137 Å². The number of aliphatic hydroxyl groups is 1. The van der Waals surface area contributed by atoms with Crippen molar-refractivity contribution in [2.75, 3.05) is 6.54 Å². The van der Waals surface area contributed by atoms with Gasteiger partial charge in [0.2, 0.25) is 5.91 Å². The molecule has 3 N–H and O–H groups in total. The van der Waals surface area contributed by atoms with Gasteiger partial charge in [0, 0.05) is 6.54 Å². The van der Waals surface area contributed by atoms with Crippen molar-refractivity contribution < 1.29 is 19.4 Å². The highest BCUT2D eigenvalue weighted by Crippen LogP contribution is 2.12. The lowest BCUT2D eigenvalue weighted by Gasteiger charge is -2.28. The van der Waals surface area contributed by atoms with Crippen LogP contribution in [-0.4, -0.2) is 34.8 Å². The molecule has 2 amide bonds. The summed E-state index contributed by atoms with van der Waals surface area (Å²) in [5, 5.41) is 15.2. The minimum atomic E-state index is -1.15. The third kappa shape index (κ3) is 6.69. The van der Waals surface area contributed by atoms with Crippen molar-refractivity contribution in [1.82, 2.24) is 10.6 Å². The zero-order chi connectivity index (χ0) is 17.7. The van der Waals surface area contributed by atoms with E-state index in [-0.39, 0.29) is 6.54 Å². The molecular weight excluding hydrogens is 296 g/mol.